The monoisotopic (exact) mass is 380 g/mol. The van der Waals surface area contributed by atoms with E-state index in [1.807, 2.05) is 25.1 Å². The summed E-state index contributed by atoms with van der Waals surface area (Å²) in [7, 11) is 1.70. The van der Waals surface area contributed by atoms with Crippen molar-refractivity contribution in [3.63, 3.8) is 0 Å². The zero-order valence-electron chi connectivity index (χ0n) is 13.9. The zero-order chi connectivity index (χ0) is 16.6. The van der Waals surface area contributed by atoms with Gasteiger partial charge in [-0.2, -0.15) is 0 Å². The fraction of sp³-hybridized carbons (Fsp3) is 0.526. The van der Waals surface area contributed by atoms with Crippen LogP contribution in [0.2, 0.25) is 0 Å². The Kier molecular flexibility index (Phi) is 4.80. The second-order valence-electron chi connectivity index (χ2n) is 6.69. The minimum absolute atomic E-state index is 0.0368. The number of benzene rings is 1. The summed E-state index contributed by atoms with van der Waals surface area (Å²) in [5.41, 5.74) is 1.07. The number of hydrogen-bond donors (Lipinski definition) is 0. The average Bonchev–Trinajstić information content (AvgIpc) is 2.55. The number of allylic oxidation sites excluding steroid dienone is 1. The summed E-state index contributed by atoms with van der Waals surface area (Å²) >= 11 is 0.0368. The average molecular weight is 379 g/mol. The molecule has 0 amide bonds. The molecule has 2 aliphatic heterocycles. The number of fused-ring (bicyclic) bond motifs is 3. The van der Waals surface area contributed by atoms with Gasteiger partial charge in [-0.1, -0.05) is 0 Å². The van der Waals surface area contributed by atoms with E-state index in [4.69, 9.17) is 9.47 Å². The van der Waals surface area contributed by atoms with Gasteiger partial charge in [0.05, 0.1) is 0 Å². The third-order valence-corrected chi connectivity index (χ3v) is 8.60. The SMILES string of the molecule is C=C(C)[C@@H]1[C@H]2C[C@@H](C)C([Se]c3ccccc3)(OC2OC)[C@H]1C=O. The number of carbonyl (C=O) groups excluding carboxylic acids is 1. The summed E-state index contributed by atoms with van der Waals surface area (Å²) in [6.07, 6.45) is 1.89. The van der Waals surface area contributed by atoms with Gasteiger partial charge >= 0.3 is 144 Å². The van der Waals surface area contributed by atoms with Crippen LogP contribution in [0.15, 0.2) is 42.5 Å². The summed E-state index contributed by atoms with van der Waals surface area (Å²) in [5, 5.41) is 0. The summed E-state index contributed by atoms with van der Waals surface area (Å²) in [6.45, 7) is 8.41. The Bertz CT molecular complexity index is 588. The second-order valence-corrected chi connectivity index (χ2v) is 9.45. The molecule has 2 heterocycles. The van der Waals surface area contributed by atoms with Gasteiger partial charge in [-0.15, -0.1) is 0 Å². The summed E-state index contributed by atoms with van der Waals surface area (Å²) in [5.74, 6) is 0.564. The number of rotatable bonds is 5. The van der Waals surface area contributed by atoms with Crippen LogP contribution in [0, 0.1) is 23.7 Å². The Labute approximate surface area is 144 Å². The number of methoxy groups -OCH3 is 1. The fourth-order valence-electron chi connectivity index (χ4n) is 4.25. The summed E-state index contributed by atoms with van der Waals surface area (Å²) in [4.78, 5) is 12.0. The van der Waals surface area contributed by atoms with Gasteiger partial charge in [0.15, 0.2) is 0 Å². The van der Waals surface area contributed by atoms with E-state index in [1.165, 1.54) is 4.46 Å². The topological polar surface area (TPSA) is 35.5 Å². The molecule has 1 aromatic rings. The molecule has 6 atom stereocenters. The van der Waals surface area contributed by atoms with Crippen molar-refractivity contribution in [2.45, 2.75) is 31.1 Å². The van der Waals surface area contributed by atoms with Crippen molar-refractivity contribution in [2.75, 3.05) is 7.11 Å². The van der Waals surface area contributed by atoms with Gasteiger partial charge in [0.2, 0.25) is 0 Å². The van der Waals surface area contributed by atoms with Crippen LogP contribution in [0.3, 0.4) is 0 Å². The molecule has 1 aromatic carbocycles. The first-order valence-electron chi connectivity index (χ1n) is 8.09. The van der Waals surface area contributed by atoms with Gasteiger partial charge in [0.1, 0.15) is 0 Å². The number of aldehydes is 1. The molecule has 0 aromatic heterocycles. The second kappa shape index (κ2) is 6.52. The van der Waals surface area contributed by atoms with E-state index in [2.05, 4.69) is 25.6 Å². The van der Waals surface area contributed by atoms with Gasteiger partial charge in [0.25, 0.3) is 0 Å². The molecule has 2 unspecified atom stereocenters. The molecule has 4 rings (SSSR count). The predicted octanol–water partition coefficient (Wildman–Crippen LogP) is 2.38. The molecule has 23 heavy (non-hydrogen) atoms. The van der Waals surface area contributed by atoms with E-state index in [0.717, 1.165) is 18.3 Å². The van der Waals surface area contributed by atoms with Gasteiger partial charge < -0.3 is 0 Å². The van der Waals surface area contributed by atoms with Crippen molar-refractivity contribution in [1.82, 2.24) is 0 Å². The first kappa shape index (κ1) is 16.9. The van der Waals surface area contributed by atoms with Crippen molar-refractivity contribution in [1.29, 1.82) is 0 Å². The molecule has 3 aliphatic rings. The van der Waals surface area contributed by atoms with Crippen LogP contribution >= 0.6 is 0 Å². The van der Waals surface area contributed by atoms with E-state index in [-0.39, 0.29) is 39.0 Å². The van der Waals surface area contributed by atoms with Crippen LogP contribution in [0.1, 0.15) is 20.3 Å². The molecular weight excluding hydrogens is 355 g/mol. The van der Waals surface area contributed by atoms with E-state index >= 15 is 0 Å². The Balaban J connectivity index is 2.04. The van der Waals surface area contributed by atoms with Crippen LogP contribution in [-0.4, -0.2) is 39.1 Å². The minimum atomic E-state index is -0.449. The van der Waals surface area contributed by atoms with Gasteiger partial charge in [-0.3, -0.25) is 0 Å². The molecule has 2 saturated heterocycles. The van der Waals surface area contributed by atoms with Crippen molar-refractivity contribution in [3.8, 4) is 0 Å². The molecule has 0 N–H and O–H groups in total. The van der Waals surface area contributed by atoms with Gasteiger partial charge in [0, 0.05) is 0 Å². The maximum absolute atomic E-state index is 12.0. The van der Waals surface area contributed by atoms with Crippen molar-refractivity contribution < 1.29 is 14.3 Å². The third-order valence-electron chi connectivity index (χ3n) is 5.24. The van der Waals surface area contributed by atoms with Crippen molar-refractivity contribution in [3.05, 3.63) is 42.5 Å². The van der Waals surface area contributed by atoms with Crippen LogP contribution in [0.5, 0.6) is 0 Å². The quantitative estimate of drug-likeness (QED) is 0.448. The Morgan fingerprint density at radius 2 is 2.13 bits per heavy atom. The molecule has 0 radical (unpaired) electrons. The van der Waals surface area contributed by atoms with E-state index in [0.29, 0.717) is 5.92 Å². The Morgan fingerprint density at radius 3 is 2.70 bits per heavy atom. The van der Waals surface area contributed by atoms with Crippen LogP contribution < -0.4 is 4.46 Å². The van der Waals surface area contributed by atoms with Gasteiger partial charge in [-0.25, -0.2) is 0 Å². The van der Waals surface area contributed by atoms with E-state index in [1.54, 1.807) is 7.11 Å². The van der Waals surface area contributed by atoms with E-state index < -0.39 is 4.50 Å². The van der Waals surface area contributed by atoms with Crippen molar-refractivity contribution >= 4 is 25.7 Å². The van der Waals surface area contributed by atoms with E-state index in [9.17, 15) is 4.79 Å². The predicted molar refractivity (Wildman–Crippen MR) is 91.6 cm³/mol. The van der Waals surface area contributed by atoms with Crippen LogP contribution in [0.4, 0.5) is 0 Å². The summed E-state index contributed by atoms with van der Waals surface area (Å²) < 4.78 is 12.9. The summed E-state index contributed by atoms with van der Waals surface area (Å²) in [6, 6.07) is 10.4. The molecular formula is C19H24O3Se. The first-order valence-corrected chi connectivity index (χ1v) is 9.80. The molecule has 2 bridgehead atoms. The number of carbonyl (C=O) groups is 1. The molecule has 3 fully saturated rings. The third kappa shape index (κ3) is 2.72. The Morgan fingerprint density at radius 1 is 1.43 bits per heavy atom. The zero-order valence-corrected chi connectivity index (χ0v) is 15.6. The normalized spacial score (nSPS) is 39.2. The van der Waals surface area contributed by atoms with Crippen molar-refractivity contribution in [2.24, 2.45) is 23.7 Å². The molecule has 0 spiro atoms. The fourth-order valence-corrected chi connectivity index (χ4v) is 7.27. The maximum atomic E-state index is 12.0. The molecule has 4 heteroatoms. The molecule has 3 nitrogen and oxygen atoms in total. The number of hydrogen-bond acceptors (Lipinski definition) is 3. The Hall–Kier alpha value is -0.931. The standard InChI is InChI=1S/C19H24O3Se/c1-12(2)17-15-10-13(3)19(16(17)11-20,22-18(15)21-4)23-14-8-6-5-7-9-14/h5-9,11,13,15-18H,1,10H2,2-4H3/t13-,15-,16+,17-,18?,19?/m1/s1. The first-order chi connectivity index (χ1) is 11.0. The number of ether oxygens (including phenoxy) is 2. The van der Waals surface area contributed by atoms with Gasteiger partial charge in [-0.05, 0) is 0 Å². The van der Waals surface area contributed by atoms with Crippen LogP contribution in [0.25, 0.3) is 0 Å². The molecule has 1 saturated carbocycles. The molecule has 1 aliphatic carbocycles. The van der Waals surface area contributed by atoms with Crippen LogP contribution in [-0.2, 0) is 14.3 Å². The molecule has 124 valence electrons.